The molecule has 0 aliphatic heterocycles. The van der Waals surface area contributed by atoms with Gasteiger partial charge in [-0.1, -0.05) is 24.3 Å². The fraction of sp³-hybridized carbons (Fsp3) is 0.417. The van der Waals surface area contributed by atoms with E-state index >= 15 is 0 Å². The number of carboxylic acids is 1. The molecule has 4 heteroatoms. The van der Waals surface area contributed by atoms with Crippen LogP contribution in [0.2, 0.25) is 0 Å². The van der Waals surface area contributed by atoms with Gasteiger partial charge in [0.2, 0.25) is 0 Å². The van der Waals surface area contributed by atoms with Crippen molar-refractivity contribution in [3.63, 3.8) is 0 Å². The minimum atomic E-state index is -0.852. The normalized spacial score (nSPS) is 12.4. The molecule has 0 heterocycles. The fourth-order valence-electron chi connectivity index (χ4n) is 1.53. The summed E-state index contributed by atoms with van der Waals surface area (Å²) >= 11 is 0. The first-order chi connectivity index (χ1) is 7.63. The van der Waals surface area contributed by atoms with E-state index in [0.29, 0.717) is 12.8 Å². The van der Waals surface area contributed by atoms with Crippen molar-refractivity contribution in [3.8, 4) is 0 Å². The Balaban J connectivity index is 2.63. The highest BCUT2D eigenvalue weighted by atomic mass is 19.1. The second kappa shape index (κ2) is 6.23. The Morgan fingerprint density at radius 3 is 2.88 bits per heavy atom. The van der Waals surface area contributed by atoms with E-state index in [2.05, 4.69) is 0 Å². The molecule has 0 aromatic heterocycles. The SMILES string of the molecule is NC(CCC(=O)O)c1cccc(CCF)c1. The third-order valence-electron chi connectivity index (χ3n) is 2.43. The Kier molecular flexibility index (Phi) is 4.92. The average Bonchev–Trinajstić information content (AvgIpc) is 2.26. The number of aryl methyl sites for hydroxylation is 1. The number of hydrogen-bond acceptors (Lipinski definition) is 2. The molecule has 88 valence electrons. The molecule has 3 nitrogen and oxygen atoms in total. The molecule has 1 atom stereocenters. The average molecular weight is 225 g/mol. The van der Waals surface area contributed by atoms with E-state index in [1.165, 1.54) is 0 Å². The predicted octanol–water partition coefficient (Wildman–Crippen LogP) is 2.06. The maximum absolute atomic E-state index is 12.2. The second-order valence-electron chi connectivity index (χ2n) is 3.72. The Hall–Kier alpha value is -1.42. The molecule has 0 spiro atoms. The first-order valence-electron chi connectivity index (χ1n) is 5.25. The summed E-state index contributed by atoms with van der Waals surface area (Å²) in [6.07, 6.45) is 0.822. The lowest BCUT2D eigenvalue weighted by atomic mass is 10.00. The van der Waals surface area contributed by atoms with Crippen molar-refractivity contribution < 1.29 is 14.3 Å². The van der Waals surface area contributed by atoms with E-state index in [1.807, 2.05) is 24.3 Å². The lowest BCUT2D eigenvalue weighted by Gasteiger charge is -2.11. The summed E-state index contributed by atoms with van der Waals surface area (Å²) < 4.78 is 12.2. The van der Waals surface area contributed by atoms with E-state index in [1.54, 1.807) is 0 Å². The van der Waals surface area contributed by atoms with Gasteiger partial charge >= 0.3 is 5.97 Å². The monoisotopic (exact) mass is 225 g/mol. The van der Waals surface area contributed by atoms with E-state index in [0.717, 1.165) is 11.1 Å². The van der Waals surface area contributed by atoms with Crippen LogP contribution >= 0.6 is 0 Å². The number of alkyl halides is 1. The van der Waals surface area contributed by atoms with Crippen LogP contribution in [-0.4, -0.2) is 17.8 Å². The number of carboxylic acid groups (broad SMARTS) is 1. The summed E-state index contributed by atoms with van der Waals surface area (Å²) in [7, 11) is 0. The summed E-state index contributed by atoms with van der Waals surface area (Å²) in [5.74, 6) is -0.852. The summed E-state index contributed by atoms with van der Waals surface area (Å²) in [6.45, 7) is -0.395. The first kappa shape index (κ1) is 12.6. The molecule has 0 bridgehead atoms. The highest BCUT2D eigenvalue weighted by Crippen LogP contribution is 2.17. The maximum Gasteiger partial charge on any atom is 0.303 e. The van der Waals surface area contributed by atoms with E-state index < -0.39 is 12.6 Å². The molecular formula is C12H16FNO2. The Labute approximate surface area is 94.1 Å². The van der Waals surface area contributed by atoms with Gasteiger partial charge in [-0.3, -0.25) is 9.18 Å². The maximum atomic E-state index is 12.2. The summed E-state index contributed by atoms with van der Waals surface area (Å²) in [6, 6.07) is 7.05. The lowest BCUT2D eigenvalue weighted by Crippen LogP contribution is -2.12. The molecule has 1 aromatic carbocycles. The third kappa shape index (κ3) is 3.98. The minimum Gasteiger partial charge on any atom is -0.481 e. The summed E-state index contributed by atoms with van der Waals surface area (Å²) in [4.78, 5) is 10.4. The number of benzene rings is 1. The molecule has 16 heavy (non-hydrogen) atoms. The lowest BCUT2D eigenvalue weighted by molar-refractivity contribution is -0.137. The number of nitrogens with two attached hydrogens (primary N) is 1. The van der Waals surface area contributed by atoms with E-state index in [9.17, 15) is 9.18 Å². The smallest absolute Gasteiger partial charge is 0.303 e. The van der Waals surface area contributed by atoms with Gasteiger partial charge in [-0.15, -0.1) is 0 Å². The molecule has 0 aliphatic carbocycles. The molecule has 0 saturated heterocycles. The molecule has 0 saturated carbocycles. The van der Waals surface area contributed by atoms with Crippen LogP contribution in [0.3, 0.4) is 0 Å². The topological polar surface area (TPSA) is 63.3 Å². The number of aliphatic carboxylic acids is 1. The van der Waals surface area contributed by atoms with Crippen LogP contribution in [0.25, 0.3) is 0 Å². The highest BCUT2D eigenvalue weighted by Gasteiger charge is 2.08. The Morgan fingerprint density at radius 2 is 2.25 bits per heavy atom. The number of rotatable bonds is 6. The van der Waals surface area contributed by atoms with Gasteiger partial charge < -0.3 is 10.8 Å². The van der Waals surface area contributed by atoms with Crippen molar-refractivity contribution in [2.45, 2.75) is 25.3 Å². The van der Waals surface area contributed by atoms with Crippen molar-refractivity contribution in [3.05, 3.63) is 35.4 Å². The number of halogens is 1. The summed E-state index contributed by atoms with van der Waals surface area (Å²) in [5.41, 5.74) is 7.61. The van der Waals surface area contributed by atoms with Crippen LogP contribution in [0.5, 0.6) is 0 Å². The van der Waals surface area contributed by atoms with Gasteiger partial charge in [-0.25, -0.2) is 0 Å². The third-order valence-corrected chi connectivity index (χ3v) is 2.43. The first-order valence-corrected chi connectivity index (χ1v) is 5.25. The predicted molar refractivity (Wildman–Crippen MR) is 59.9 cm³/mol. The van der Waals surface area contributed by atoms with Crippen LogP contribution in [-0.2, 0) is 11.2 Å². The molecule has 1 unspecified atom stereocenters. The molecule has 0 radical (unpaired) electrons. The summed E-state index contributed by atoms with van der Waals surface area (Å²) in [5, 5.41) is 8.54. The largest absolute Gasteiger partial charge is 0.481 e. The van der Waals surface area contributed by atoms with Crippen LogP contribution in [0.15, 0.2) is 24.3 Å². The minimum absolute atomic E-state index is 0.0501. The van der Waals surface area contributed by atoms with Gasteiger partial charge in [0.05, 0.1) is 6.67 Å². The van der Waals surface area contributed by atoms with Crippen molar-refractivity contribution in [1.29, 1.82) is 0 Å². The molecule has 0 aliphatic rings. The van der Waals surface area contributed by atoms with Gasteiger partial charge in [0.25, 0.3) is 0 Å². The quantitative estimate of drug-likeness (QED) is 0.779. The Morgan fingerprint density at radius 1 is 1.50 bits per heavy atom. The number of carbonyl (C=O) groups is 1. The zero-order valence-electron chi connectivity index (χ0n) is 9.03. The van der Waals surface area contributed by atoms with Crippen molar-refractivity contribution >= 4 is 5.97 Å². The fourth-order valence-corrected chi connectivity index (χ4v) is 1.53. The van der Waals surface area contributed by atoms with Crippen molar-refractivity contribution in [2.24, 2.45) is 5.73 Å². The Bertz CT molecular complexity index is 355. The molecule has 3 N–H and O–H groups in total. The molecular weight excluding hydrogens is 209 g/mol. The molecule has 0 amide bonds. The second-order valence-corrected chi connectivity index (χ2v) is 3.72. The number of hydrogen-bond donors (Lipinski definition) is 2. The zero-order chi connectivity index (χ0) is 12.0. The molecule has 1 rings (SSSR count). The van der Waals surface area contributed by atoms with Gasteiger partial charge in [-0.2, -0.15) is 0 Å². The molecule has 0 fully saturated rings. The standard InChI is InChI=1S/C12H16FNO2/c13-7-6-9-2-1-3-10(8-9)11(14)4-5-12(15)16/h1-3,8,11H,4-7,14H2,(H,15,16). The van der Waals surface area contributed by atoms with Crippen LogP contribution in [0.4, 0.5) is 4.39 Å². The van der Waals surface area contributed by atoms with Crippen LogP contribution < -0.4 is 5.73 Å². The van der Waals surface area contributed by atoms with Gasteiger partial charge in [-0.05, 0) is 17.5 Å². The van der Waals surface area contributed by atoms with Crippen molar-refractivity contribution in [2.75, 3.05) is 6.67 Å². The van der Waals surface area contributed by atoms with Crippen LogP contribution in [0.1, 0.15) is 30.0 Å². The van der Waals surface area contributed by atoms with E-state index in [4.69, 9.17) is 10.8 Å². The van der Waals surface area contributed by atoms with E-state index in [-0.39, 0.29) is 12.5 Å². The highest BCUT2D eigenvalue weighted by molar-refractivity contribution is 5.66. The van der Waals surface area contributed by atoms with Gasteiger partial charge in [0, 0.05) is 18.9 Å². The van der Waals surface area contributed by atoms with Crippen molar-refractivity contribution in [1.82, 2.24) is 0 Å². The zero-order valence-corrected chi connectivity index (χ0v) is 9.03. The van der Waals surface area contributed by atoms with Gasteiger partial charge in [0.15, 0.2) is 0 Å². The van der Waals surface area contributed by atoms with Crippen LogP contribution in [0, 0.1) is 0 Å². The molecule has 1 aromatic rings. The van der Waals surface area contributed by atoms with Gasteiger partial charge in [0.1, 0.15) is 0 Å².